The van der Waals surface area contributed by atoms with Gasteiger partial charge in [0.1, 0.15) is 5.60 Å². The maximum atomic E-state index is 11.8. The number of rotatable bonds is 2. The Bertz CT molecular complexity index is 497. The van der Waals surface area contributed by atoms with Crippen LogP contribution in [0.25, 0.3) is 0 Å². The molecule has 5 heteroatoms. The van der Waals surface area contributed by atoms with Gasteiger partial charge in [-0.2, -0.15) is 0 Å². The van der Waals surface area contributed by atoms with Crippen LogP contribution in [0.4, 0.5) is 10.5 Å². The smallest absolute Gasteiger partial charge is 0.412 e. The summed E-state index contributed by atoms with van der Waals surface area (Å²) in [4.78, 5) is 14.1. The summed E-state index contributed by atoms with van der Waals surface area (Å²) >= 11 is 0. The lowest BCUT2D eigenvalue weighted by Gasteiger charge is -2.33. The molecule has 1 unspecified atom stereocenters. The quantitative estimate of drug-likeness (QED) is 0.879. The Labute approximate surface area is 126 Å². The molecule has 1 aromatic carbocycles. The molecular formula is C16H25N3O2. The first-order valence-electron chi connectivity index (χ1n) is 7.36. The normalized spacial score (nSPS) is 20.1. The van der Waals surface area contributed by atoms with Crippen LogP contribution in [-0.2, 0) is 4.74 Å². The molecule has 2 N–H and O–H groups in total. The number of anilines is 1. The minimum absolute atomic E-state index is 0.333. The minimum Gasteiger partial charge on any atom is -0.444 e. The number of amides is 1. The van der Waals surface area contributed by atoms with E-state index in [1.807, 2.05) is 39.0 Å². The molecular weight excluding hydrogens is 266 g/mol. The Kier molecular flexibility index (Phi) is 4.85. The van der Waals surface area contributed by atoms with Crippen molar-refractivity contribution in [3.8, 4) is 0 Å². The van der Waals surface area contributed by atoms with Crippen LogP contribution in [0.5, 0.6) is 0 Å². The fraction of sp³-hybridized carbons (Fsp3) is 0.562. The standard InChI is InChI=1S/C16H25N3O2/c1-16(2,3)21-15(20)18-13-7-5-6-12(10-13)14-11-17-8-9-19(14)4/h5-7,10,14,17H,8-9,11H2,1-4H3,(H,18,20). The molecule has 0 radical (unpaired) electrons. The lowest BCUT2D eigenvalue weighted by atomic mass is 10.0. The molecule has 0 aromatic heterocycles. The first-order chi connectivity index (χ1) is 9.85. The summed E-state index contributed by atoms with van der Waals surface area (Å²) in [5, 5.41) is 6.19. The lowest BCUT2D eigenvalue weighted by molar-refractivity contribution is 0.0636. The molecule has 1 aliphatic rings. The number of nitrogens with one attached hydrogen (secondary N) is 2. The van der Waals surface area contributed by atoms with Crippen LogP contribution in [0, 0.1) is 0 Å². The molecule has 0 aliphatic carbocycles. The average molecular weight is 291 g/mol. The Morgan fingerprint density at radius 2 is 2.19 bits per heavy atom. The van der Waals surface area contributed by atoms with E-state index < -0.39 is 11.7 Å². The molecule has 116 valence electrons. The van der Waals surface area contributed by atoms with E-state index in [1.165, 1.54) is 5.56 Å². The minimum atomic E-state index is -0.491. The fourth-order valence-electron chi connectivity index (χ4n) is 2.42. The number of hydrogen-bond donors (Lipinski definition) is 2. The molecule has 5 nitrogen and oxygen atoms in total. The van der Waals surface area contributed by atoms with Crippen molar-refractivity contribution in [3.05, 3.63) is 29.8 Å². The third-order valence-electron chi connectivity index (χ3n) is 3.43. The van der Waals surface area contributed by atoms with Crippen LogP contribution in [0.1, 0.15) is 32.4 Å². The topological polar surface area (TPSA) is 53.6 Å². The summed E-state index contributed by atoms with van der Waals surface area (Å²) in [7, 11) is 2.12. The Balaban J connectivity index is 2.05. The van der Waals surface area contributed by atoms with Crippen molar-refractivity contribution >= 4 is 11.8 Å². The number of hydrogen-bond acceptors (Lipinski definition) is 4. The highest BCUT2D eigenvalue weighted by molar-refractivity contribution is 5.84. The van der Waals surface area contributed by atoms with Crippen LogP contribution in [0.3, 0.4) is 0 Å². The van der Waals surface area contributed by atoms with Crippen LogP contribution in [0.15, 0.2) is 24.3 Å². The van der Waals surface area contributed by atoms with E-state index in [1.54, 1.807) is 0 Å². The molecule has 1 atom stereocenters. The third-order valence-corrected chi connectivity index (χ3v) is 3.43. The number of likely N-dealkylation sites (N-methyl/N-ethyl adjacent to an activating group) is 1. The number of piperazine rings is 1. The van der Waals surface area contributed by atoms with Crippen molar-refractivity contribution in [1.29, 1.82) is 0 Å². The van der Waals surface area contributed by atoms with Gasteiger partial charge >= 0.3 is 6.09 Å². The zero-order valence-corrected chi connectivity index (χ0v) is 13.3. The van der Waals surface area contributed by atoms with Gasteiger partial charge in [-0.1, -0.05) is 12.1 Å². The van der Waals surface area contributed by atoms with E-state index in [4.69, 9.17) is 4.74 Å². The zero-order valence-electron chi connectivity index (χ0n) is 13.3. The van der Waals surface area contributed by atoms with E-state index in [0.29, 0.717) is 6.04 Å². The monoisotopic (exact) mass is 291 g/mol. The summed E-state index contributed by atoms with van der Waals surface area (Å²) in [6, 6.07) is 8.28. The van der Waals surface area contributed by atoms with Gasteiger partial charge < -0.3 is 10.1 Å². The van der Waals surface area contributed by atoms with E-state index in [2.05, 4.69) is 28.6 Å². The second kappa shape index (κ2) is 6.45. The highest BCUT2D eigenvalue weighted by atomic mass is 16.6. The van der Waals surface area contributed by atoms with Gasteiger partial charge in [0.2, 0.25) is 0 Å². The summed E-state index contributed by atoms with van der Waals surface area (Å²) in [5.41, 5.74) is 1.47. The maximum absolute atomic E-state index is 11.8. The molecule has 0 saturated carbocycles. The second-order valence-corrected chi connectivity index (χ2v) is 6.45. The van der Waals surface area contributed by atoms with Gasteiger partial charge in [0.25, 0.3) is 0 Å². The summed E-state index contributed by atoms with van der Waals surface area (Å²) in [6.07, 6.45) is -0.422. The molecule has 1 aromatic rings. The number of carbonyl (C=O) groups is 1. The Hall–Kier alpha value is -1.59. The van der Waals surface area contributed by atoms with Crippen molar-refractivity contribution in [2.24, 2.45) is 0 Å². The highest BCUT2D eigenvalue weighted by Crippen LogP contribution is 2.23. The van der Waals surface area contributed by atoms with Crippen molar-refractivity contribution in [1.82, 2.24) is 10.2 Å². The maximum Gasteiger partial charge on any atom is 0.412 e. The van der Waals surface area contributed by atoms with Crippen LogP contribution in [0.2, 0.25) is 0 Å². The first kappa shape index (κ1) is 15.8. The zero-order chi connectivity index (χ0) is 15.5. The predicted molar refractivity (Wildman–Crippen MR) is 84.5 cm³/mol. The molecule has 2 rings (SSSR count). The predicted octanol–water partition coefficient (Wildman–Crippen LogP) is 2.61. The van der Waals surface area contributed by atoms with Crippen molar-refractivity contribution in [2.45, 2.75) is 32.4 Å². The van der Waals surface area contributed by atoms with E-state index in [0.717, 1.165) is 25.3 Å². The van der Waals surface area contributed by atoms with Gasteiger partial charge in [0, 0.05) is 31.4 Å². The van der Waals surface area contributed by atoms with Gasteiger partial charge in [-0.25, -0.2) is 4.79 Å². The summed E-state index contributed by atoms with van der Waals surface area (Å²) in [6.45, 7) is 8.52. The average Bonchev–Trinajstić information content (AvgIpc) is 2.37. The molecule has 0 bridgehead atoms. The molecule has 1 heterocycles. The number of benzene rings is 1. The van der Waals surface area contributed by atoms with Gasteiger partial charge in [-0.15, -0.1) is 0 Å². The molecule has 21 heavy (non-hydrogen) atoms. The van der Waals surface area contributed by atoms with Crippen molar-refractivity contribution in [2.75, 3.05) is 32.0 Å². The lowest BCUT2D eigenvalue weighted by Crippen LogP contribution is -2.43. The van der Waals surface area contributed by atoms with E-state index in [-0.39, 0.29) is 0 Å². The molecule has 1 aliphatic heterocycles. The van der Waals surface area contributed by atoms with Crippen molar-refractivity contribution in [3.63, 3.8) is 0 Å². The first-order valence-corrected chi connectivity index (χ1v) is 7.36. The molecule has 1 saturated heterocycles. The Morgan fingerprint density at radius 1 is 1.43 bits per heavy atom. The number of ether oxygens (including phenoxy) is 1. The SMILES string of the molecule is CN1CCNCC1c1cccc(NC(=O)OC(C)(C)C)c1. The van der Waals surface area contributed by atoms with Gasteiger partial charge in [0.05, 0.1) is 0 Å². The van der Waals surface area contributed by atoms with Crippen LogP contribution in [-0.4, -0.2) is 43.3 Å². The van der Waals surface area contributed by atoms with Crippen LogP contribution >= 0.6 is 0 Å². The third kappa shape index (κ3) is 4.72. The highest BCUT2D eigenvalue weighted by Gasteiger charge is 2.21. The van der Waals surface area contributed by atoms with Gasteiger partial charge in [-0.05, 0) is 45.5 Å². The van der Waals surface area contributed by atoms with E-state index >= 15 is 0 Å². The van der Waals surface area contributed by atoms with Crippen molar-refractivity contribution < 1.29 is 9.53 Å². The second-order valence-electron chi connectivity index (χ2n) is 6.45. The van der Waals surface area contributed by atoms with Gasteiger partial charge in [0.15, 0.2) is 0 Å². The summed E-state index contributed by atoms with van der Waals surface area (Å²) < 4.78 is 5.28. The summed E-state index contributed by atoms with van der Waals surface area (Å²) in [5.74, 6) is 0. The molecule has 1 fully saturated rings. The fourth-order valence-corrected chi connectivity index (χ4v) is 2.42. The van der Waals surface area contributed by atoms with Gasteiger partial charge in [-0.3, -0.25) is 10.2 Å². The van der Waals surface area contributed by atoms with E-state index in [9.17, 15) is 4.79 Å². The molecule has 0 spiro atoms. The Morgan fingerprint density at radius 3 is 2.86 bits per heavy atom. The largest absolute Gasteiger partial charge is 0.444 e. The number of carbonyl (C=O) groups excluding carboxylic acids is 1. The van der Waals surface area contributed by atoms with Crippen LogP contribution < -0.4 is 10.6 Å². The molecule has 1 amide bonds. The number of nitrogens with zero attached hydrogens (tertiary/aromatic N) is 1.